The molecule has 2 N–H and O–H groups in total. The van der Waals surface area contributed by atoms with Gasteiger partial charge >= 0.3 is 0 Å². The van der Waals surface area contributed by atoms with Gasteiger partial charge in [-0.25, -0.2) is 0 Å². The van der Waals surface area contributed by atoms with Crippen LogP contribution in [-0.4, -0.2) is 19.1 Å². The van der Waals surface area contributed by atoms with Crippen molar-refractivity contribution in [2.75, 3.05) is 13.6 Å². The summed E-state index contributed by atoms with van der Waals surface area (Å²) < 4.78 is 0. The monoisotopic (exact) mass is 234 g/mol. The van der Waals surface area contributed by atoms with Crippen LogP contribution in [0.3, 0.4) is 0 Å². The highest BCUT2D eigenvalue weighted by molar-refractivity contribution is 5.24. The molecule has 0 unspecified atom stereocenters. The van der Waals surface area contributed by atoms with Crippen molar-refractivity contribution in [1.29, 1.82) is 0 Å². The normalized spacial score (nSPS) is 12.1. The molecule has 0 spiro atoms. The van der Waals surface area contributed by atoms with Crippen LogP contribution in [0.2, 0.25) is 0 Å². The largest absolute Gasteiger partial charge is 0.318 e. The molecule has 0 saturated carbocycles. The van der Waals surface area contributed by atoms with Gasteiger partial charge in [-0.3, -0.25) is 0 Å². The Morgan fingerprint density at radius 1 is 1.12 bits per heavy atom. The lowest BCUT2D eigenvalue weighted by Gasteiger charge is -2.26. The van der Waals surface area contributed by atoms with E-state index >= 15 is 0 Å². The first-order valence-corrected chi connectivity index (χ1v) is 6.43. The third kappa shape index (κ3) is 4.88. The number of likely N-dealkylation sites (N-methyl/N-ethyl adjacent to an activating group) is 1. The first kappa shape index (κ1) is 14.2. The van der Waals surface area contributed by atoms with Crippen LogP contribution >= 0.6 is 0 Å². The Hall–Kier alpha value is -0.860. The number of nitrogens with one attached hydrogen (secondary N) is 2. The van der Waals surface area contributed by atoms with Gasteiger partial charge in [0.05, 0.1) is 0 Å². The van der Waals surface area contributed by atoms with Crippen LogP contribution in [0.4, 0.5) is 0 Å². The molecule has 0 bridgehead atoms. The first-order chi connectivity index (χ1) is 7.94. The van der Waals surface area contributed by atoms with Crippen LogP contribution in [0, 0.1) is 0 Å². The fourth-order valence-electron chi connectivity index (χ4n) is 1.87. The third-order valence-electron chi connectivity index (χ3n) is 3.04. The predicted octanol–water partition coefficient (Wildman–Crippen LogP) is 2.90. The minimum atomic E-state index is 0.130. The summed E-state index contributed by atoms with van der Waals surface area (Å²) in [6.45, 7) is 10.8. The lowest BCUT2D eigenvalue weighted by atomic mass is 10.0. The zero-order valence-corrected chi connectivity index (χ0v) is 11.8. The summed E-state index contributed by atoms with van der Waals surface area (Å²) in [5, 5.41) is 6.77. The van der Waals surface area contributed by atoms with Gasteiger partial charge in [0, 0.05) is 18.6 Å². The van der Waals surface area contributed by atoms with E-state index in [-0.39, 0.29) is 5.54 Å². The van der Waals surface area contributed by atoms with E-state index < -0.39 is 0 Å². The number of rotatable bonds is 6. The first-order valence-electron chi connectivity index (χ1n) is 6.43. The van der Waals surface area contributed by atoms with Crippen LogP contribution < -0.4 is 10.6 Å². The minimum absolute atomic E-state index is 0.130. The SMILES string of the molecule is CNCC(C)(C)NCc1ccc(C(C)C)cc1. The van der Waals surface area contributed by atoms with E-state index in [1.54, 1.807) is 0 Å². The molecule has 1 aromatic carbocycles. The van der Waals surface area contributed by atoms with E-state index in [0.29, 0.717) is 5.92 Å². The zero-order chi connectivity index (χ0) is 12.9. The van der Waals surface area contributed by atoms with Crippen LogP contribution in [0.15, 0.2) is 24.3 Å². The average Bonchev–Trinajstić information content (AvgIpc) is 2.27. The summed E-state index contributed by atoms with van der Waals surface area (Å²) in [5.74, 6) is 0.609. The Labute approximate surface area is 106 Å². The van der Waals surface area contributed by atoms with Crippen LogP contribution in [0.5, 0.6) is 0 Å². The summed E-state index contributed by atoms with van der Waals surface area (Å²) in [6.07, 6.45) is 0. The molecule has 1 aromatic rings. The minimum Gasteiger partial charge on any atom is -0.318 e. The van der Waals surface area contributed by atoms with Crippen molar-refractivity contribution in [3.8, 4) is 0 Å². The average molecular weight is 234 g/mol. The Morgan fingerprint density at radius 2 is 1.71 bits per heavy atom. The topological polar surface area (TPSA) is 24.1 Å². The highest BCUT2D eigenvalue weighted by atomic mass is 15.0. The maximum Gasteiger partial charge on any atom is 0.0252 e. The Morgan fingerprint density at radius 3 is 2.18 bits per heavy atom. The molecule has 2 heteroatoms. The molecule has 0 saturated heterocycles. The molecular weight excluding hydrogens is 208 g/mol. The van der Waals surface area contributed by atoms with Gasteiger partial charge in [0.25, 0.3) is 0 Å². The molecule has 0 aromatic heterocycles. The molecule has 96 valence electrons. The number of benzene rings is 1. The Kier molecular flexibility index (Phi) is 5.16. The summed E-state index contributed by atoms with van der Waals surface area (Å²) in [5.41, 5.74) is 2.88. The molecule has 0 aliphatic carbocycles. The molecule has 0 amide bonds. The van der Waals surface area contributed by atoms with Crippen LogP contribution in [0.1, 0.15) is 44.7 Å². The highest BCUT2D eigenvalue weighted by Crippen LogP contribution is 2.15. The van der Waals surface area contributed by atoms with Crippen LogP contribution in [-0.2, 0) is 6.54 Å². The quantitative estimate of drug-likeness (QED) is 0.791. The van der Waals surface area contributed by atoms with E-state index in [1.807, 2.05) is 7.05 Å². The molecule has 0 radical (unpaired) electrons. The lowest BCUT2D eigenvalue weighted by Crippen LogP contribution is -2.46. The zero-order valence-electron chi connectivity index (χ0n) is 11.8. The van der Waals surface area contributed by atoms with Crippen molar-refractivity contribution in [2.24, 2.45) is 0 Å². The number of hydrogen-bond donors (Lipinski definition) is 2. The molecular formula is C15H26N2. The van der Waals surface area contributed by atoms with Crippen molar-refractivity contribution < 1.29 is 0 Å². The summed E-state index contributed by atoms with van der Waals surface area (Å²) in [6, 6.07) is 8.90. The summed E-state index contributed by atoms with van der Waals surface area (Å²) in [4.78, 5) is 0. The van der Waals surface area contributed by atoms with Crippen LogP contribution in [0.25, 0.3) is 0 Å². The Balaban J connectivity index is 2.52. The van der Waals surface area contributed by atoms with Gasteiger partial charge in [0.2, 0.25) is 0 Å². The maximum atomic E-state index is 3.56. The third-order valence-corrected chi connectivity index (χ3v) is 3.04. The standard InChI is InChI=1S/C15H26N2/c1-12(2)14-8-6-13(7-9-14)10-17-15(3,4)11-16-5/h6-9,12,16-17H,10-11H2,1-5H3. The van der Waals surface area contributed by atoms with Crippen molar-refractivity contribution in [2.45, 2.75) is 45.7 Å². The summed E-state index contributed by atoms with van der Waals surface area (Å²) in [7, 11) is 1.99. The predicted molar refractivity (Wildman–Crippen MR) is 75.4 cm³/mol. The van der Waals surface area contributed by atoms with E-state index in [0.717, 1.165) is 13.1 Å². The molecule has 0 heterocycles. The maximum absolute atomic E-state index is 3.56. The molecule has 17 heavy (non-hydrogen) atoms. The molecule has 1 rings (SSSR count). The van der Waals surface area contributed by atoms with Gasteiger partial charge in [0.1, 0.15) is 0 Å². The van der Waals surface area contributed by atoms with E-state index in [2.05, 4.69) is 62.6 Å². The molecule has 0 fully saturated rings. The van der Waals surface area contributed by atoms with Crippen molar-refractivity contribution in [3.05, 3.63) is 35.4 Å². The second-order valence-corrected chi connectivity index (χ2v) is 5.66. The molecule has 0 aliphatic rings. The van der Waals surface area contributed by atoms with Gasteiger partial charge in [-0.05, 0) is 37.9 Å². The number of hydrogen-bond acceptors (Lipinski definition) is 2. The van der Waals surface area contributed by atoms with Gasteiger partial charge in [-0.15, -0.1) is 0 Å². The van der Waals surface area contributed by atoms with Gasteiger partial charge in [0.15, 0.2) is 0 Å². The molecule has 2 nitrogen and oxygen atoms in total. The Bertz CT molecular complexity index is 325. The fourth-order valence-corrected chi connectivity index (χ4v) is 1.87. The van der Waals surface area contributed by atoms with Gasteiger partial charge in [-0.1, -0.05) is 38.1 Å². The second-order valence-electron chi connectivity index (χ2n) is 5.66. The van der Waals surface area contributed by atoms with E-state index in [9.17, 15) is 0 Å². The highest BCUT2D eigenvalue weighted by Gasteiger charge is 2.14. The van der Waals surface area contributed by atoms with Crippen molar-refractivity contribution in [3.63, 3.8) is 0 Å². The van der Waals surface area contributed by atoms with Crippen molar-refractivity contribution in [1.82, 2.24) is 10.6 Å². The summed E-state index contributed by atoms with van der Waals surface area (Å²) >= 11 is 0. The van der Waals surface area contributed by atoms with E-state index in [4.69, 9.17) is 0 Å². The molecule has 0 aliphatic heterocycles. The van der Waals surface area contributed by atoms with Gasteiger partial charge in [-0.2, -0.15) is 0 Å². The van der Waals surface area contributed by atoms with E-state index in [1.165, 1.54) is 11.1 Å². The van der Waals surface area contributed by atoms with Gasteiger partial charge < -0.3 is 10.6 Å². The smallest absolute Gasteiger partial charge is 0.0252 e. The van der Waals surface area contributed by atoms with Crippen molar-refractivity contribution >= 4 is 0 Å². The lowest BCUT2D eigenvalue weighted by molar-refractivity contribution is 0.374. The second kappa shape index (κ2) is 6.18. The molecule has 0 atom stereocenters. The fraction of sp³-hybridized carbons (Fsp3) is 0.600.